The number of nitrogens with zero attached hydrogens (tertiary/aromatic N) is 3. The first-order chi connectivity index (χ1) is 8.29. The maximum Gasteiger partial charge on any atom is 0.242 e. The average Bonchev–Trinajstić information content (AvgIpc) is 2.30. The fourth-order valence-electron chi connectivity index (χ4n) is 1.35. The number of nitrogen functional groups attached to an aromatic ring is 1. The van der Waals surface area contributed by atoms with E-state index >= 15 is 0 Å². The maximum atomic E-state index is 9.37. The van der Waals surface area contributed by atoms with Crippen molar-refractivity contribution in [3.8, 4) is 5.88 Å². The molecule has 18 heavy (non-hydrogen) atoms. The second-order valence-electron chi connectivity index (χ2n) is 5.11. The van der Waals surface area contributed by atoms with Crippen molar-refractivity contribution in [2.75, 3.05) is 24.3 Å². The highest BCUT2D eigenvalue weighted by atomic mass is 16.5. The van der Waals surface area contributed by atoms with E-state index in [-0.39, 0.29) is 12.7 Å². The van der Waals surface area contributed by atoms with Gasteiger partial charge in [-0.25, -0.2) is 4.98 Å². The summed E-state index contributed by atoms with van der Waals surface area (Å²) in [5.41, 5.74) is 5.93. The number of ether oxygens (including phenoxy) is 1. The van der Waals surface area contributed by atoms with E-state index in [0.29, 0.717) is 17.4 Å². The Labute approximate surface area is 108 Å². The molecule has 0 radical (unpaired) electrons. The summed E-state index contributed by atoms with van der Waals surface area (Å²) >= 11 is 0. The minimum atomic E-state index is -0.461. The van der Waals surface area contributed by atoms with Crippen LogP contribution in [0.2, 0.25) is 0 Å². The van der Waals surface area contributed by atoms with Crippen LogP contribution in [0.25, 0.3) is 0 Å². The zero-order chi connectivity index (χ0) is 13.9. The number of aliphatic hydroxyl groups is 1. The van der Waals surface area contributed by atoms with Crippen molar-refractivity contribution in [3.63, 3.8) is 0 Å². The first-order valence-corrected chi connectivity index (χ1v) is 5.91. The number of hydrogen-bond acceptors (Lipinski definition) is 6. The molecule has 1 rings (SSSR count). The van der Waals surface area contributed by atoms with Gasteiger partial charge in [0.2, 0.25) is 5.88 Å². The second-order valence-corrected chi connectivity index (χ2v) is 5.11. The summed E-state index contributed by atoms with van der Waals surface area (Å²) in [6.07, 6.45) is 1.40. The van der Waals surface area contributed by atoms with Crippen LogP contribution in [0.3, 0.4) is 0 Å². The Hall–Kier alpha value is -1.56. The molecule has 6 nitrogen and oxygen atoms in total. The van der Waals surface area contributed by atoms with Crippen molar-refractivity contribution in [1.29, 1.82) is 0 Å². The monoisotopic (exact) mass is 254 g/mol. The summed E-state index contributed by atoms with van der Waals surface area (Å²) in [4.78, 5) is 10.00. The molecule has 1 aromatic rings. The van der Waals surface area contributed by atoms with Crippen LogP contribution >= 0.6 is 0 Å². The van der Waals surface area contributed by atoms with E-state index in [1.165, 1.54) is 6.33 Å². The summed E-state index contributed by atoms with van der Waals surface area (Å²) in [5, 5.41) is 9.37. The third-order valence-electron chi connectivity index (χ3n) is 2.79. The van der Waals surface area contributed by atoms with Crippen LogP contribution in [0, 0.1) is 0 Å². The van der Waals surface area contributed by atoms with Gasteiger partial charge < -0.3 is 20.5 Å². The minimum Gasteiger partial charge on any atom is -0.473 e. The number of rotatable bonds is 5. The van der Waals surface area contributed by atoms with Gasteiger partial charge in [0.1, 0.15) is 12.0 Å². The lowest BCUT2D eigenvalue weighted by Gasteiger charge is -2.35. The molecular weight excluding hydrogens is 232 g/mol. The fourth-order valence-corrected chi connectivity index (χ4v) is 1.35. The van der Waals surface area contributed by atoms with Crippen LogP contribution in [0.1, 0.15) is 27.7 Å². The summed E-state index contributed by atoms with van der Waals surface area (Å²) in [5.74, 6) is 0.926. The molecule has 0 bridgehead atoms. The number of anilines is 2. The van der Waals surface area contributed by atoms with Gasteiger partial charge in [0.25, 0.3) is 0 Å². The molecule has 0 saturated heterocycles. The Morgan fingerprint density at radius 2 is 2.06 bits per heavy atom. The molecule has 0 fully saturated rings. The lowest BCUT2D eigenvalue weighted by atomic mass is 10.1. The Balaban J connectivity index is 3.11. The van der Waals surface area contributed by atoms with Gasteiger partial charge in [0.15, 0.2) is 5.82 Å². The molecule has 0 amide bonds. The topological polar surface area (TPSA) is 84.5 Å². The Morgan fingerprint density at radius 3 is 2.56 bits per heavy atom. The first kappa shape index (κ1) is 14.5. The van der Waals surface area contributed by atoms with Crippen LogP contribution in [-0.4, -0.2) is 40.4 Å². The summed E-state index contributed by atoms with van der Waals surface area (Å²) in [6.45, 7) is 7.60. The molecule has 0 spiro atoms. The van der Waals surface area contributed by atoms with E-state index in [4.69, 9.17) is 10.5 Å². The molecule has 0 saturated carbocycles. The highest BCUT2D eigenvalue weighted by Gasteiger charge is 2.26. The highest BCUT2D eigenvalue weighted by molar-refractivity contribution is 5.68. The van der Waals surface area contributed by atoms with Gasteiger partial charge in [-0.3, -0.25) is 0 Å². The fraction of sp³-hybridized carbons (Fsp3) is 0.667. The Kier molecular flexibility index (Phi) is 4.34. The smallest absolute Gasteiger partial charge is 0.242 e. The Morgan fingerprint density at radius 1 is 1.44 bits per heavy atom. The molecule has 1 heterocycles. The third kappa shape index (κ3) is 3.01. The van der Waals surface area contributed by atoms with Crippen LogP contribution < -0.4 is 15.4 Å². The van der Waals surface area contributed by atoms with Crippen molar-refractivity contribution in [2.45, 2.75) is 39.3 Å². The number of hydrogen-bond donors (Lipinski definition) is 2. The summed E-state index contributed by atoms with van der Waals surface area (Å²) in [7, 11) is 1.83. The molecule has 6 heteroatoms. The van der Waals surface area contributed by atoms with Gasteiger partial charge in [0, 0.05) is 7.05 Å². The molecular formula is C12H22N4O2. The molecule has 1 aromatic heterocycles. The van der Waals surface area contributed by atoms with Gasteiger partial charge in [-0.2, -0.15) is 4.98 Å². The number of nitrogens with two attached hydrogens (primary N) is 1. The van der Waals surface area contributed by atoms with Crippen LogP contribution in [0.4, 0.5) is 11.5 Å². The van der Waals surface area contributed by atoms with Crippen molar-refractivity contribution in [3.05, 3.63) is 6.33 Å². The zero-order valence-corrected chi connectivity index (χ0v) is 11.6. The molecule has 102 valence electrons. The highest BCUT2D eigenvalue weighted by Crippen LogP contribution is 2.31. The number of aliphatic hydroxyl groups excluding tert-OH is 1. The van der Waals surface area contributed by atoms with Gasteiger partial charge in [-0.15, -0.1) is 0 Å². The minimum absolute atomic E-state index is 0.00663. The van der Waals surface area contributed by atoms with E-state index < -0.39 is 5.54 Å². The van der Waals surface area contributed by atoms with E-state index in [0.717, 1.165) is 0 Å². The van der Waals surface area contributed by atoms with Crippen LogP contribution in [0.5, 0.6) is 5.88 Å². The summed E-state index contributed by atoms with van der Waals surface area (Å²) < 4.78 is 5.52. The van der Waals surface area contributed by atoms with Crippen LogP contribution in [0.15, 0.2) is 6.33 Å². The SMILES string of the molecule is CC(C)Oc1ncnc(N(C)C(C)(C)CO)c1N. The Bertz CT molecular complexity index is 407. The third-order valence-corrected chi connectivity index (χ3v) is 2.79. The molecule has 0 aromatic carbocycles. The first-order valence-electron chi connectivity index (χ1n) is 5.91. The molecule has 0 atom stereocenters. The van der Waals surface area contributed by atoms with Crippen molar-refractivity contribution >= 4 is 11.5 Å². The van der Waals surface area contributed by atoms with Gasteiger partial charge >= 0.3 is 0 Å². The van der Waals surface area contributed by atoms with Crippen molar-refractivity contribution in [1.82, 2.24) is 9.97 Å². The van der Waals surface area contributed by atoms with Gasteiger partial charge in [-0.1, -0.05) is 0 Å². The normalized spacial score (nSPS) is 11.7. The predicted molar refractivity (Wildman–Crippen MR) is 71.8 cm³/mol. The van der Waals surface area contributed by atoms with E-state index in [1.807, 2.05) is 39.6 Å². The van der Waals surface area contributed by atoms with Crippen LogP contribution in [-0.2, 0) is 0 Å². The number of likely N-dealkylation sites (N-methyl/N-ethyl adjacent to an activating group) is 1. The number of aromatic nitrogens is 2. The molecule has 3 N–H and O–H groups in total. The largest absolute Gasteiger partial charge is 0.473 e. The van der Waals surface area contributed by atoms with Crippen molar-refractivity contribution < 1.29 is 9.84 Å². The molecule has 0 aliphatic heterocycles. The quantitative estimate of drug-likeness (QED) is 0.817. The van der Waals surface area contributed by atoms with Gasteiger partial charge in [-0.05, 0) is 27.7 Å². The van der Waals surface area contributed by atoms with E-state index in [9.17, 15) is 5.11 Å². The second kappa shape index (κ2) is 5.39. The standard InChI is InChI=1S/C12H22N4O2/c1-8(2)18-11-9(13)10(14-7-15-11)16(5)12(3,4)6-17/h7-8,17H,6,13H2,1-5H3. The predicted octanol–water partition coefficient (Wildman–Crippen LogP) is 1.05. The zero-order valence-electron chi connectivity index (χ0n) is 11.6. The summed E-state index contributed by atoms with van der Waals surface area (Å²) in [6, 6.07) is 0. The molecule has 0 unspecified atom stereocenters. The van der Waals surface area contributed by atoms with E-state index in [1.54, 1.807) is 0 Å². The molecule has 0 aliphatic carbocycles. The van der Waals surface area contributed by atoms with E-state index in [2.05, 4.69) is 9.97 Å². The molecule has 0 aliphatic rings. The van der Waals surface area contributed by atoms with Gasteiger partial charge in [0.05, 0.1) is 18.2 Å². The average molecular weight is 254 g/mol. The lowest BCUT2D eigenvalue weighted by Crippen LogP contribution is -2.45. The van der Waals surface area contributed by atoms with Crippen molar-refractivity contribution in [2.24, 2.45) is 0 Å². The lowest BCUT2D eigenvalue weighted by molar-refractivity contribution is 0.215. The maximum absolute atomic E-state index is 9.37.